The molecule has 0 atom stereocenters. The fourth-order valence-corrected chi connectivity index (χ4v) is 2.20. The Labute approximate surface area is 106 Å². The summed E-state index contributed by atoms with van der Waals surface area (Å²) in [7, 11) is 0. The lowest BCUT2D eigenvalue weighted by molar-refractivity contribution is 0.839. The van der Waals surface area contributed by atoms with E-state index in [2.05, 4.69) is 44.9 Å². The van der Waals surface area contributed by atoms with Crippen LogP contribution in [-0.2, 0) is 6.42 Å². The van der Waals surface area contributed by atoms with Gasteiger partial charge in [0.25, 0.3) is 0 Å². The van der Waals surface area contributed by atoms with Crippen molar-refractivity contribution in [3.8, 4) is 0 Å². The first-order valence-corrected chi connectivity index (χ1v) is 6.28. The molecule has 2 aromatic rings. The van der Waals surface area contributed by atoms with Crippen molar-refractivity contribution in [1.82, 2.24) is 15.6 Å². The molecule has 0 radical (unpaired) electrons. The number of hydrogen-bond acceptors (Lipinski definition) is 4. The second kappa shape index (κ2) is 5.04. The van der Waals surface area contributed by atoms with E-state index in [0.717, 1.165) is 37.5 Å². The zero-order chi connectivity index (χ0) is 12.2. The highest BCUT2D eigenvalue weighted by atomic mass is 15.2. The summed E-state index contributed by atoms with van der Waals surface area (Å²) in [6.07, 6.45) is 2.80. The molecule has 4 nitrogen and oxygen atoms in total. The monoisotopic (exact) mass is 240 g/mol. The van der Waals surface area contributed by atoms with E-state index >= 15 is 0 Å². The number of rotatable bonds is 3. The van der Waals surface area contributed by atoms with Crippen LogP contribution >= 0.6 is 0 Å². The standard InChI is InChI=1S/C14H16N4/c1-3-11-5-2-7-15-13(11)12(4-1)6-8-16-14-17-9-10-18-14/h1-5,7H,6,8-10H2,(H2,16,17,18). The Morgan fingerprint density at radius 1 is 1.22 bits per heavy atom. The maximum Gasteiger partial charge on any atom is 0.191 e. The van der Waals surface area contributed by atoms with E-state index in [1.54, 1.807) is 0 Å². The summed E-state index contributed by atoms with van der Waals surface area (Å²) in [5, 5.41) is 7.71. The molecule has 92 valence electrons. The molecule has 18 heavy (non-hydrogen) atoms. The number of nitrogens with one attached hydrogen (secondary N) is 2. The van der Waals surface area contributed by atoms with Gasteiger partial charge in [-0.05, 0) is 18.1 Å². The van der Waals surface area contributed by atoms with Gasteiger partial charge < -0.3 is 10.6 Å². The molecule has 1 aromatic heterocycles. The molecular formula is C14H16N4. The Morgan fingerprint density at radius 2 is 2.17 bits per heavy atom. The first-order chi connectivity index (χ1) is 8.93. The number of hydrogen-bond donors (Lipinski definition) is 2. The molecule has 1 aromatic carbocycles. The summed E-state index contributed by atoms with van der Waals surface area (Å²) in [6.45, 7) is 2.69. The summed E-state index contributed by atoms with van der Waals surface area (Å²) in [4.78, 5) is 8.77. The molecule has 2 heterocycles. The lowest BCUT2D eigenvalue weighted by atomic mass is 10.1. The zero-order valence-corrected chi connectivity index (χ0v) is 10.2. The van der Waals surface area contributed by atoms with E-state index in [-0.39, 0.29) is 0 Å². The highest BCUT2D eigenvalue weighted by Gasteiger charge is 2.05. The topological polar surface area (TPSA) is 49.3 Å². The van der Waals surface area contributed by atoms with Crippen LogP contribution in [0.25, 0.3) is 10.9 Å². The molecule has 0 unspecified atom stereocenters. The van der Waals surface area contributed by atoms with Gasteiger partial charge in [-0.3, -0.25) is 9.98 Å². The van der Waals surface area contributed by atoms with Crippen molar-refractivity contribution >= 4 is 16.9 Å². The SMILES string of the molecule is c1cnc2c(CCNC3=NCCN3)cccc2c1. The Balaban J connectivity index is 1.70. The highest BCUT2D eigenvalue weighted by molar-refractivity contribution is 5.82. The van der Waals surface area contributed by atoms with E-state index < -0.39 is 0 Å². The highest BCUT2D eigenvalue weighted by Crippen LogP contribution is 2.15. The van der Waals surface area contributed by atoms with Crippen LogP contribution in [0.5, 0.6) is 0 Å². The first kappa shape index (κ1) is 11.0. The van der Waals surface area contributed by atoms with Crippen molar-refractivity contribution in [3.05, 3.63) is 42.1 Å². The van der Waals surface area contributed by atoms with Gasteiger partial charge >= 0.3 is 0 Å². The van der Waals surface area contributed by atoms with Crippen LogP contribution in [0.15, 0.2) is 41.5 Å². The van der Waals surface area contributed by atoms with Crippen molar-refractivity contribution in [2.75, 3.05) is 19.6 Å². The van der Waals surface area contributed by atoms with E-state index in [1.807, 2.05) is 12.3 Å². The molecule has 0 amide bonds. The maximum absolute atomic E-state index is 4.46. The molecule has 0 spiro atoms. The largest absolute Gasteiger partial charge is 0.356 e. The van der Waals surface area contributed by atoms with Crippen LogP contribution in [0.4, 0.5) is 0 Å². The van der Waals surface area contributed by atoms with Crippen molar-refractivity contribution in [2.24, 2.45) is 4.99 Å². The number of guanidine groups is 1. The second-order valence-electron chi connectivity index (χ2n) is 4.33. The van der Waals surface area contributed by atoms with Crippen LogP contribution in [0.3, 0.4) is 0 Å². The molecule has 0 saturated carbocycles. The van der Waals surface area contributed by atoms with Gasteiger partial charge in [0.2, 0.25) is 0 Å². The van der Waals surface area contributed by atoms with Crippen molar-refractivity contribution in [3.63, 3.8) is 0 Å². The Kier molecular flexibility index (Phi) is 3.08. The van der Waals surface area contributed by atoms with Crippen LogP contribution in [0, 0.1) is 0 Å². The van der Waals surface area contributed by atoms with E-state index in [0.29, 0.717) is 0 Å². The van der Waals surface area contributed by atoms with Gasteiger partial charge in [-0.15, -0.1) is 0 Å². The number of aromatic nitrogens is 1. The van der Waals surface area contributed by atoms with Crippen molar-refractivity contribution in [1.29, 1.82) is 0 Å². The minimum atomic E-state index is 0.873. The molecule has 0 fully saturated rings. The molecule has 0 bridgehead atoms. The van der Waals surface area contributed by atoms with Crippen molar-refractivity contribution in [2.45, 2.75) is 6.42 Å². The van der Waals surface area contributed by atoms with Crippen molar-refractivity contribution < 1.29 is 0 Å². The van der Waals surface area contributed by atoms with Crippen LogP contribution in [-0.4, -0.2) is 30.6 Å². The molecule has 0 aliphatic carbocycles. The summed E-state index contributed by atoms with van der Waals surface area (Å²) in [5.74, 6) is 0.920. The fourth-order valence-electron chi connectivity index (χ4n) is 2.20. The number of aliphatic imine (C=N–C) groups is 1. The summed E-state index contributed by atoms with van der Waals surface area (Å²) in [6, 6.07) is 10.4. The third kappa shape index (κ3) is 2.27. The smallest absolute Gasteiger partial charge is 0.191 e. The first-order valence-electron chi connectivity index (χ1n) is 6.28. The van der Waals surface area contributed by atoms with Gasteiger partial charge in [-0.2, -0.15) is 0 Å². The average Bonchev–Trinajstić information content (AvgIpc) is 2.92. The Morgan fingerprint density at radius 3 is 3.06 bits per heavy atom. The van der Waals surface area contributed by atoms with Gasteiger partial charge in [0.1, 0.15) is 0 Å². The van der Waals surface area contributed by atoms with Gasteiger partial charge in [0, 0.05) is 24.7 Å². The van der Waals surface area contributed by atoms with Gasteiger partial charge in [0.05, 0.1) is 12.1 Å². The molecule has 1 aliphatic rings. The minimum absolute atomic E-state index is 0.873. The van der Waals surface area contributed by atoms with E-state index in [4.69, 9.17) is 0 Å². The second-order valence-corrected chi connectivity index (χ2v) is 4.33. The third-order valence-electron chi connectivity index (χ3n) is 3.08. The van der Waals surface area contributed by atoms with Gasteiger partial charge in [0.15, 0.2) is 5.96 Å². The van der Waals surface area contributed by atoms with Crippen LogP contribution < -0.4 is 10.6 Å². The van der Waals surface area contributed by atoms with Crippen LogP contribution in [0.2, 0.25) is 0 Å². The molecular weight excluding hydrogens is 224 g/mol. The van der Waals surface area contributed by atoms with Gasteiger partial charge in [-0.25, -0.2) is 0 Å². The van der Waals surface area contributed by atoms with E-state index in [1.165, 1.54) is 10.9 Å². The number of para-hydroxylation sites is 1. The summed E-state index contributed by atoms with van der Waals surface area (Å²) >= 11 is 0. The zero-order valence-electron chi connectivity index (χ0n) is 10.2. The van der Waals surface area contributed by atoms with Crippen LogP contribution in [0.1, 0.15) is 5.56 Å². The predicted octanol–water partition coefficient (Wildman–Crippen LogP) is 1.33. The van der Waals surface area contributed by atoms with E-state index in [9.17, 15) is 0 Å². The number of benzene rings is 1. The fraction of sp³-hybridized carbons (Fsp3) is 0.286. The molecule has 3 rings (SSSR count). The summed E-state index contributed by atoms with van der Waals surface area (Å²) in [5.41, 5.74) is 2.38. The molecule has 2 N–H and O–H groups in total. The number of pyridine rings is 1. The Hall–Kier alpha value is -2.10. The maximum atomic E-state index is 4.46. The number of fused-ring (bicyclic) bond motifs is 1. The minimum Gasteiger partial charge on any atom is -0.356 e. The lowest BCUT2D eigenvalue weighted by Gasteiger charge is -2.08. The third-order valence-corrected chi connectivity index (χ3v) is 3.08. The quantitative estimate of drug-likeness (QED) is 0.851. The summed E-state index contributed by atoms with van der Waals surface area (Å²) < 4.78 is 0. The lowest BCUT2D eigenvalue weighted by Crippen LogP contribution is -2.34. The number of nitrogens with zero attached hydrogens (tertiary/aromatic N) is 2. The Bertz CT molecular complexity index is 572. The predicted molar refractivity (Wildman–Crippen MR) is 73.8 cm³/mol. The average molecular weight is 240 g/mol. The normalized spacial score (nSPS) is 14.3. The molecule has 4 heteroatoms. The van der Waals surface area contributed by atoms with Gasteiger partial charge in [-0.1, -0.05) is 24.3 Å². The molecule has 0 saturated heterocycles. The molecule has 1 aliphatic heterocycles.